The summed E-state index contributed by atoms with van der Waals surface area (Å²) in [5.74, 6) is -0.939. The van der Waals surface area contributed by atoms with Crippen LogP contribution in [0.3, 0.4) is 0 Å². The highest BCUT2D eigenvalue weighted by atomic mass is 32.2. The van der Waals surface area contributed by atoms with E-state index in [2.05, 4.69) is 10.6 Å². The second-order valence-electron chi connectivity index (χ2n) is 6.10. The van der Waals surface area contributed by atoms with Crippen LogP contribution < -0.4 is 14.9 Å². The Morgan fingerprint density at radius 3 is 2.38 bits per heavy atom. The monoisotopic (exact) mass is 357 g/mol. The number of carboxylic acids is 1. The van der Waals surface area contributed by atoms with Crippen molar-refractivity contribution in [2.75, 3.05) is 22.9 Å². The zero-order valence-electron chi connectivity index (χ0n) is 14.2. The fraction of sp³-hybridized carbons (Fsp3) is 0.467. The summed E-state index contributed by atoms with van der Waals surface area (Å²) in [6.07, 6.45) is 1.26. The maximum absolute atomic E-state index is 12.2. The molecule has 0 aliphatic heterocycles. The van der Waals surface area contributed by atoms with Crippen LogP contribution in [0.4, 0.5) is 16.2 Å². The smallest absolute Gasteiger partial charge is 0.319 e. The zero-order chi connectivity index (χ0) is 18.5. The Hall–Kier alpha value is -2.29. The highest BCUT2D eigenvalue weighted by Crippen LogP contribution is 2.26. The maximum atomic E-state index is 12.2. The van der Waals surface area contributed by atoms with Crippen LogP contribution in [0.15, 0.2) is 24.3 Å². The minimum atomic E-state index is -3.47. The predicted molar refractivity (Wildman–Crippen MR) is 92.8 cm³/mol. The first kappa shape index (κ1) is 19.8. The zero-order valence-corrected chi connectivity index (χ0v) is 15.0. The summed E-state index contributed by atoms with van der Waals surface area (Å²) in [6, 6.07) is 5.95. The van der Waals surface area contributed by atoms with Crippen LogP contribution in [0, 0.1) is 0 Å². The van der Waals surface area contributed by atoms with Gasteiger partial charge in [0, 0.05) is 19.0 Å². The van der Waals surface area contributed by atoms with E-state index in [0.717, 1.165) is 10.6 Å². The maximum Gasteiger partial charge on any atom is 0.319 e. The van der Waals surface area contributed by atoms with Crippen LogP contribution in [-0.2, 0) is 14.8 Å². The van der Waals surface area contributed by atoms with Crippen molar-refractivity contribution < 1.29 is 23.1 Å². The van der Waals surface area contributed by atoms with Crippen molar-refractivity contribution in [1.29, 1.82) is 0 Å². The van der Waals surface area contributed by atoms with E-state index in [9.17, 15) is 18.0 Å². The van der Waals surface area contributed by atoms with E-state index < -0.39 is 27.6 Å². The van der Waals surface area contributed by atoms with Gasteiger partial charge in [-0.3, -0.25) is 9.10 Å². The van der Waals surface area contributed by atoms with Gasteiger partial charge in [0.25, 0.3) is 0 Å². The molecule has 1 aromatic carbocycles. The number of carbonyl (C=O) groups excluding carboxylic acids is 1. The molecule has 9 heteroatoms. The molecule has 1 aromatic rings. The summed E-state index contributed by atoms with van der Waals surface area (Å²) in [6.45, 7) is 3.42. The van der Waals surface area contributed by atoms with Crippen molar-refractivity contribution >= 4 is 33.4 Å². The van der Waals surface area contributed by atoms with E-state index in [-0.39, 0.29) is 12.8 Å². The van der Waals surface area contributed by atoms with Crippen molar-refractivity contribution in [1.82, 2.24) is 5.32 Å². The van der Waals surface area contributed by atoms with Gasteiger partial charge >= 0.3 is 12.0 Å². The third kappa shape index (κ3) is 6.07. The first-order valence-corrected chi connectivity index (χ1v) is 9.11. The molecule has 0 aliphatic carbocycles. The minimum absolute atomic E-state index is 0.0688. The van der Waals surface area contributed by atoms with E-state index in [1.807, 2.05) is 0 Å². The molecule has 134 valence electrons. The van der Waals surface area contributed by atoms with Crippen LogP contribution >= 0.6 is 0 Å². The fourth-order valence-corrected chi connectivity index (χ4v) is 2.49. The number of carbonyl (C=O) groups is 2. The SMILES string of the molecule is CN(c1ccccc1NC(=O)NC(C)(C)CCC(=O)O)S(C)(=O)=O. The standard InChI is InChI=1S/C15H23N3O5S/c1-15(2,10-9-13(19)20)17-14(21)16-11-7-5-6-8-12(11)18(3)24(4,22)23/h5-8H,9-10H2,1-4H3,(H,19,20)(H2,16,17,21). The molecule has 1 rings (SSSR count). The van der Waals surface area contributed by atoms with Crippen molar-refractivity contribution in [2.24, 2.45) is 0 Å². The Morgan fingerprint density at radius 2 is 1.83 bits per heavy atom. The molecular formula is C15H23N3O5S. The number of nitrogens with one attached hydrogen (secondary N) is 2. The average molecular weight is 357 g/mol. The van der Waals surface area contributed by atoms with Gasteiger partial charge in [-0.1, -0.05) is 12.1 Å². The van der Waals surface area contributed by atoms with Crippen LogP contribution in [0.5, 0.6) is 0 Å². The Balaban J connectivity index is 2.87. The minimum Gasteiger partial charge on any atom is -0.481 e. The molecule has 0 fully saturated rings. The van der Waals surface area contributed by atoms with Gasteiger partial charge in [-0.2, -0.15) is 0 Å². The third-order valence-electron chi connectivity index (χ3n) is 3.40. The molecule has 0 aromatic heterocycles. The van der Waals surface area contributed by atoms with E-state index in [1.54, 1.807) is 38.1 Å². The molecule has 0 radical (unpaired) electrons. The lowest BCUT2D eigenvalue weighted by Crippen LogP contribution is -2.46. The summed E-state index contributed by atoms with van der Waals surface area (Å²) >= 11 is 0. The van der Waals surface area contributed by atoms with Crippen molar-refractivity contribution in [3.8, 4) is 0 Å². The molecule has 0 bridgehead atoms. The van der Waals surface area contributed by atoms with E-state index >= 15 is 0 Å². The summed E-state index contributed by atoms with van der Waals surface area (Å²) < 4.78 is 24.4. The lowest BCUT2D eigenvalue weighted by molar-refractivity contribution is -0.137. The number of para-hydroxylation sites is 2. The van der Waals surface area contributed by atoms with E-state index in [0.29, 0.717) is 11.4 Å². The highest BCUT2D eigenvalue weighted by Gasteiger charge is 2.23. The number of sulfonamides is 1. The van der Waals surface area contributed by atoms with Gasteiger partial charge in [-0.15, -0.1) is 0 Å². The molecule has 0 heterocycles. The largest absolute Gasteiger partial charge is 0.481 e. The average Bonchev–Trinajstić information content (AvgIpc) is 2.43. The summed E-state index contributed by atoms with van der Waals surface area (Å²) in [4.78, 5) is 22.8. The normalized spacial score (nSPS) is 11.7. The van der Waals surface area contributed by atoms with Gasteiger partial charge in [0.15, 0.2) is 0 Å². The van der Waals surface area contributed by atoms with Crippen LogP contribution in [-0.4, -0.2) is 44.4 Å². The number of rotatable bonds is 7. The molecular weight excluding hydrogens is 334 g/mol. The van der Waals surface area contributed by atoms with Crippen molar-refractivity contribution in [3.05, 3.63) is 24.3 Å². The van der Waals surface area contributed by atoms with Crippen molar-refractivity contribution in [3.63, 3.8) is 0 Å². The number of hydrogen-bond acceptors (Lipinski definition) is 4. The molecule has 0 atom stereocenters. The molecule has 2 amide bonds. The lowest BCUT2D eigenvalue weighted by atomic mass is 9.99. The second kappa shape index (κ2) is 7.52. The molecule has 0 unspecified atom stereocenters. The number of aliphatic carboxylic acids is 1. The van der Waals surface area contributed by atoms with Crippen LogP contribution in [0.2, 0.25) is 0 Å². The van der Waals surface area contributed by atoms with Crippen LogP contribution in [0.1, 0.15) is 26.7 Å². The molecule has 0 saturated heterocycles. The predicted octanol–water partition coefficient (Wildman–Crippen LogP) is 1.85. The van der Waals surface area contributed by atoms with E-state index in [4.69, 9.17) is 5.11 Å². The molecule has 3 N–H and O–H groups in total. The van der Waals surface area contributed by atoms with Gasteiger partial charge < -0.3 is 15.7 Å². The Morgan fingerprint density at radius 1 is 1.25 bits per heavy atom. The molecule has 0 spiro atoms. The topological polar surface area (TPSA) is 116 Å². The number of benzene rings is 1. The number of anilines is 2. The van der Waals surface area contributed by atoms with Gasteiger partial charge in [0.1, 0.15) is 0 Å². The quantitative estimate of drug-likeness (QED) is 0.689. The fourth-order valence-electron chi connectivity index (χ4n) is 1.98. The number of hydrogen-bond donors (Lipinski definition) is 3. The highest BCUT2D eigenvalue weighted by molar-refractivity contribution is 7.92. The first-order chi connectivity index (χ1) is 10.9. The molecule has 24 heavy (non-hydrogen) atoms. The molecule has 8 nitrogen and oxygen atoms in total. The van der Waals surface area contributed by atoms with Gasteiger partial charge in [0.05, 0.1) is 17.6 Å². The third-order valence-corrected chi connectivity index (χ3v) is 4.60. The van der Waals surface area contributed by atoms with Gasteiger partial charge in [-0.05, 0) is 32.4 Å². The Labute approximate surface area is 141 Å². The summed E-state index contributed by atoms with van der Waals surface area (Å²) in [5.41, 5.74) is -0.0596. The van der Waals surface area contributed by atoms with Gasteiger partial charge in [-0.25, -0.2) is 13.2 Å². The lowest BCUT2D eigenvalue weighted by Gasteiger charge is -2.26. The number of urea groups is 1. The van der Waals surface area contributed by atoms with E-state index in [1.165, 1.54) is 7.05 Å². The number of nitrogens with zero attached hydrogens (tertiary/aromatic N) is 1. The Kier molecular flexibility index (Phi) is 6.19. The summed E-state index contributed by atoms with van der Waals surface area (Å²) in [7, 11) is -2.08. The first-order valence-electron chi connectivity index (χ1n) is 7.26. The molecule has 0 aliphatic rings. The number of amides is 2. The van der Waals surface area contributed by atoms with Gasteiger partial charge in [0.2, 0.25) is 10.0 Å². The molecule has 0 saturated carbocycles. The Bertz CT molecular complexity index is 716. The van der Waals surface area contributed by atoms with Crippen molar-refractivity contribution in [2.45, 2.75) is 32.2 Å². The summed E-state index contributed by atoms with van der Waals surface area (Å²) in [5, 5.41) is 14.0. The number of carboxylic acid groups (broad SMARTS) is 1. The van der Waals surface area contributed by atoms with Crippen LogP contribution in [0.25, 0.3) is 0 Å². The second-order valence-corrected chi connectivity index (χ2v) is 8.12.